The van der Waals surface area contributed by atoms with E-state index >= 15 is 0 Å². The normalized spacial score (nSPS) is 17.7. The Balaban J connectivity index is 2.55. The average Bonchev–Trinajstić information content (AvgIpc) is 2.18. The van der Waals surface area contributed by atoms with Crippen LogP contribution in [0.3, 0.4) is 0 Å². The third kappa shape index (κ3) is 1.89. The molecule has 60 valence electrons. The van der Waals surface area contributed by atoms with E-state index in [1.54, 1.807) is 0 Å². The number of amides is 1. The zero-order chi connectivity index (χ0) is 8.43. The van der Waals surface area contributed by atoms with Crippen molar-refractivity contribution in [3.05, 3.63) is 11.1 Å². The molecule has 1 fully saturated rings. The fourth-order valence-corrected chi connectivity index (χ4v) is 1.28. The summed E-state index contributed by atoms with van der Waals surface area (Å²) >= 11 is 3.13. The Labute approximate surface area is 73.2 Å². The van der Waals surface area contributed by atoms with Crippen molar-refractivity contribution in [2.75, 3.05) is 13.1 Å². The Bertz CT molecular complexity index is 224. The number of likely N-dealkylation sites (tertiary alicyclic amines) is 1. The number of rotatable bonds is 2. The van der Waals surface area contributed by atoms with Crippen LogP contribution in [0.25, 0.3) is 0 Å². The second-order valence-electron chi connectivity index (χ2n) is 2.42. The van der Waals surface area contributed by atoms with Crippen LogP contribution in [0.2, 0.25) is 0 Å². The molecule has 0 aromatic rings. The van der Waals surface area contributed by atoms with Gasteiger partial charge in [0.25, 0.3) is 5.91 Å². The van der Waals surface area contributed by atoms with Crippen molar-refractivity contribution < 1.29 is 9.59 Å². The van der Waals surface area contributed by atoms with Crippen LogP contribution < -0.4 is 0 Å². The molecule has 0 aliphatic carbocycles. The van der Waals surface area contributed by atoms with Crippen molar-refractivity contribution in [1.82, 2.24) is 4.90 Å². The predicted octanol–water partition coefficient (Wildman–Crippen LogP) is 0.696. The fraction of sp³-hybridized carbons (Fsp3) is 0.429. The number of hydrogen-bond acceptors (Lipinski definition) is 2. The van der Waals surface area contributed by atoms with E-state index in [9.17, 15) is 9.59 Å². The maximum absolute atomic E-state index is 11.0. The molecule has 0 spiro atoms. The SMILES string of the molecule is C=C(Br)CN1CCC(=O)C1=O. The second kappa shape index (κ2) is 3.17. The summed E-state index contributed by atoms with van der Waals surface area (Å²) < 4.78 is 0.723. The van der Waals surface area contributed by atoms with E-state index in [1.807, 2.05) is 0 Å². The van der Waals surface area contributed by atoms with Crippen LogP contribution in [0.5, 0.6) is 0 Å². The molecule has 1 aliphatic heterocycles. The van der Waals surface area contributed by atoms with Gasteiger partial charge in [-0.05, 0) is 0 Å². The van der Waals surface area contributed by atoms with Gasteiger partial charge in [0.15, 0.2) is 0 Å². The van der Waals surface area contributed by atoms with Crippen LogP contribution in [-0.2, 0) is 9.59 Å². The van der Waals surface area contributed by atoms with Gasteiger partial charge in [-0.2, -0.15) is 0 Å². The maximum atomic E-state index is 11.0. The number of carbonyl (C=O) groups excluding carboxylic acids is 2. The van der Waals surface area contributed by atoms with Gasteiger partial charge in [-0.1, -0.05) is 22.5 Å². The van der Waals surface area contributed by atoms with Crippen molar-refractivity contribution in [3.8, 4) is 0 Å². The molecule has 1 aliphatic rings. The van der Waals surface area contributed by atoms with E-state index < -0.39 is 0 Å². The zero-order valence-corrected chi connectivity index (χ0v) is 7.56. The van der Waals surface area contributed by atoms with Gasteiger partial charge in [-0.25, -0.2) is 0 Å². The van der Waals surface area contributed by atoms with Crippen molar-refractivity contribution in [2.45, 2.75) is 6.42 Å². The molecule has 4 heteroatoms. The summed E-state index contributed by atoms with van der Waals surface area (Å²) in [5, 5.41) is 0. The molecule has 0 aromatic carbocycles. The molecule has 1 saturated heterocycles. The lowest BCUT2D eigenvalue weighted by Gasteiger charge is -2.12. The van der Waals surface area contributed by atoms with E-state index in [0.29, 0.717) is 19.5 Å². The van der Waals surface area contributed by atoms with Gasteiger partial charge in [0, 0.05) is 17.4 Å². The highest BCUT2D eigenvalue weighted by Crippen LogP contribution is 2.10. The molecule has 1 heterocycles. The van der Waals surface area contributed by atoms with Crippen molar-refractivity contribution in [2.24, 2.45) is 0 Å². The predicted molar refractivity (Wildman–Crippen MR) is 44.3 cm³/mol. The van der Waals surface area contributed by atoms with Crippen LogP contribution in [-0.4, -0.2) is 29.7 Å². The van der Waals surface area contributed by atoms with Crippen LogP contribution in [0.15, 0.2) is 11.1 Å². The number of nitrogens with zero attached hydrogens (tertiary/aromatic N) is 1. The topological polar surface area (TPSA) is 37.4 Å². The number of carbonyl (C=O) groups is 2. The molecule has 3 nitrogen and oxygen atoms in total. The van der Waals surface area contributed by atoms with Crippen LogP contribution >= 0.6 is 15.9 Å². The van der Waals surface area contributed by atoms with Crippen LogP contribution in [0, 0.1) is 0 Å². The number of Topliss-reactive ketones (excluding diaryl/α,β-unsaturated/α-hetero) is 1. The Kier molecular flexibility index (Phi) is 2.44. The summed E-state index contributed by atoms with van der Waals surface area (Å²) in [5.41, 5.74) is 0. The highest BCUT2D eigenvalue weighted by molar-refractivity contribution is 9.11. The largest absolute Gasteiger partial charge is 0.331 e. The third-order valence-electron chi connectivity index (χ3n) is 1.50. The van der Waals surface area contributed by atoms with E-state index in [4.69, 9.17) is 0 Å². The molecule has 1 amide bonds. The molecular formula is C7H8BrNO2. The van der Waals surface area contributed by atoms with Crippen molar-refractivity contribution >= 4 is 27.6 Å². The summed E-state index contributed by atoms with van der Waals surface area (Å²) in [6.07, 6.45) is 0.346. The monoisotopic (exact) mass is 217 g/mol. The summed E-state index contributed by atoms with van der Waals surface area (Å²) in [6.45, 7) is 4.55. The average molecular weight is 218 g/mol. The van der Waals surface area contributed by atoms with E-state index in [-0.39, 0.29) is 11.7 Å². The van der Waals surface area contributed by atoms with Crippen molar-refractivity contribution in [1.29, 1.82) is 0 Å². The van der Waals surface area contributed by atoms with Gasteiger partial charge < -0.3 is 4.90 Å². The number of ketones is 1. The first-order valence-electron chi connectivity index (χ1n) is 3.26. The first kappa shape index (κ1) is 8.46. The quantitative estimate of drug-likeness (QED) is 0.639. The Morgan fingerprint density at radius 2 is 2.27 bits per heavy atom. The van der Waals surface area contributed by atoms with Gasteiger partial charge >= 0.3 is 0 Å². The lowest BCUT2D eigenvalue weighted by Crippen LogP contribution is -2.28. The molecule has 0 unspecified atom stereocenters. The first-order valence-corrected chi connectivity index (χ1v) is 4.06. The first-order chi connectivity index (χ1) is 5.11. The molecule has 0 bridgehead atoms. The highest BCUT2D eigenvalue weighted by atomic mass is 79.9. The smallest absolute Gasteiger partial charge is 0.290 e. The third-order valence-corrected chi connectivity index (χ3v) is 1.75. The van der Waals surface area contributed by atoms with Gasteiger partial charge in [0.1, 0.15) is 0 Å². The summed E-state index contributed by atoms with van der Waals surface area (Å²) in [6, 6.07) is 0. The maximum Gasteiger partial charge on any atom is 0.290 e. The minimum Gasteiger partial charge on any atom is -0.331 e. The zero-order valence-electron chi connectivity index (χ0n) is 5.97. The molecular weight excluding hydrogens is 210 g/mol. The van der Waals surface area contributed by atoms with E-state index in [1.165, 1.54) is 4.90 Å². The van der Waals surface area contributed by atoms with E-state index in [2.05, 4.69) is 22.5 Å². The lowest BCUT2D eigenvalue weighted by molar-refractivity contribution is -0.139. The van der Waals surface area contributed by atoms with Crippen LogP contribution in [0.4, 0.5) is 0 Å². The Morgan fingerprint density at radius 1 is 1.64 bits per heavy atom. The Hall–Kier alpha value is -0.640. The molecule has 11 heavy (non-hydrogen) atoms. The van der Waals surface area contributed by atoms with Crippen molar-refractivity contribution in [3.63, 3.8) is 0 Å². The Morgan fingerprint density at radius 3 is 2.64 bits per heavy atom. The molecule has 0 aromatic heterocycles. The highest BCUT2D eigenvalue weighted by Gasteiger charge is 2.28. The molecule has 0 N–H and O–H groups in total. The number of hydrogen-bond donors (Lipinski definition) is 0. The van der Waals surface area contributed by atoms with Crippen LogP contribution in [0.1, 0.15) is 6.42 Å². The van der Waals surface area contributed by atoms with Gasteiger partial charge in [0.2, 0.25) is 5.78 Å². The van der Waals surface area contributed by atoms with Gasteiger partial charge in [-0.3, -0.25) is 9.59 Å². The molecule has 0 radical (unpaired) electrons. The molecule has 0 saturated carbocycles. The standard InChI is InChI=1S/C7H8BrNO2/c1-5(8)4-9-3-2-6(10)7(9)11/h1-4H2. The van der Waals surface area contributed by atoms with E-state index in [0.717, 1.165) is 4.48 Å². The van der Waals surface area contributed by atoms with Gasteiger partial charge in [-0.15, -0.1) is 0 Å². The minimum atomic E-state index is -0.384. The number of halogens is 1. The molecule has 0 atom stereocenters. The lowest BCUT2D eigenvalue weighted by atomic mass is 10.3. The summed E-state index contributed by atoms with van der Waals surface area (Å²) in [4.78, 5) is 23.2. The fourth-order valence-electron chi connectivity index (χ4n) is 0.979. The summed E-state index contributed by atoms with van der Waals surface area (Å²) in [7, 11) is 0. The molecule has 1 rings (SSSR count). The second-order valence-corrected chi connectivity index (χ2v) is 3.54. The van der Waals surface area contributed by atoms with Gasteiger partial charge in [0.05, 0.1) is 6.54 Å². The summed E-state index contributed by atoms with van der Waals surface area (Å²) in [5.74, 6) is -0.677. The minimum absolute atomic E-state index is 0.293.